The molecule has 8 heteroatoms. The van der Waals surface area contributed by atoms with Gasteiger partial charge < -0.3 is 20.5 Å². The van der Waals surface area contributed by atoms with Crippen LogP contribution in [0.4, 0.5) is 23.1 Å². The fourth-order valence-corrected chi connectivity index (χ4v) is 5.04. The monoisotopic (exact) mass is 409 g/mol. The fourth-order valence-electron chi connectivity index (χ4n) is 4.14. The number of nitrogens with one attached hydrogen (secondary N) is 3. The molecule has 0 unspecified atom stereocenters. The van der Waals surface area contributed by atoms with Crippen LogP contribution < -0.4 is 15.5 Å². The van der Waals surface area contributed by atoms with Gasteiger partial charge in [0.2, 0.25) is 5.95 Å². The van der Waals surface area contributed by atoms with Crippen LogP contribution >= 0.6 is 11.8 Å². The van der Waals surface area contributed by atoms with Gasteiger partial charge in [-0.25, -0.2) is 4.98 Å². The maximum Gasteiger partial charge on any atom is 0.231 e. The molecule has 3 heterocycles. The van der Waals surface area contributed by atoms with Gasteiger partial charge in [-0.1, -0.05) is 19.3 Å². The van der Waals surface area contributed by atoms with Gasteiger partial charge in [-0.3, -0.25) is 0 Å². The van der Waals surface area contributed by atoms with Crippen LogP contribution in [-0.2, 0) is 0 Å². The van der Waals surface area contributed by atoms with Crippen LogP contribution in [0, 0.1) is 0 Å². The first kappa shape index (κ1) is 18.5. The molecule has 7 nitrogen and oxygen atoms in total. The standard InChI is InChI=1S/C21H27N7S/c1-2-4-15(5-3-1)24-20-18-19(23-14-22-18)26-21(27-20)25-16-6-8-17(9-7-16)28-10-12-29-13-11-28/h6-9,14-15H,1-5,10-13H2,(H3,22,23,24,25,26,27). The minimum Gasteiger partial charge on any atom is -0.370 e. The summed E-state index contributed by atoms with van der Waals surface area (Å²) in [6, 6.07) is 9.02. The fraction of sp³-hybridized carbons (Fsp3) is 0.476. The van der Waals surface area contributed by atoms with Gasteiger partial charge in [0.15, 0.2) is 11.5 Å². The number of hydrogen-bond donors (Lipinski definition) is 3. The normalized spacial score (nSPS) is 18.1. The Kier molecular flexibility index (Phi) is 5.43. The minimum atomic E-state index is 0.466. The van der Waals surface area contributed by atoms with E-state index in [1.807, 2.05) is 11.8 Å². The van der Waals surface area contributed by atoms with Gasteiger partial charge in [0.05, 0.1) is 6.33 Å². The Morgan fingerprint density at radius 3 is 2.59 bits per heavy atom. The van der Waals surface area contributed by atoms with Crippen LogP contribution in [0.2, 0.25) is 0 Å². The third-order valence-corrected chi connectivity index (χ3v) is 6.67. The molecule has 1 aliphatic heterocycles. The van der Waals surface area contributed by atoms with Crippen molar-refractivity contribution in [2.45, 2.75) is 38.1 Å². The molecular formula is C21H27N7S. The summed E-state index contributed by atoms with van der Waals surface area (Å²) in [6.07, 6.45) is 7.95. The maximum atomic E-state index is 4.75. The summed E-state index contributed by atoms with van der Waals surface area (Å²) in [5.74, 6) is 3.80. The molecule has 3 aromatic rings. The molecule has 1 aromatic carbocycles. The lowest BCUT2D eigenvalue weighted by molar-refractivity contribution is 0.462. The van der Waals surface area contributed by atoms with Crippen molar-refractivity contribution in [1.82, 2.24) is 19.9 Å². The molecule has 1 aliphatic carbocycles. The van der Waals surface area contributed by atoms with Crippen LogP contribution in [0.5, 0.6) is 0 Å². The Morgan fingerprint density at radius 1 is 1.00 bits per heavy atom. The molecule has 5 rings (SSSR count). The Balaban J connectivity index is 1.34. The SMILES string of the molecule is c1nc2c(NC3CCCCC3)nc(Nc3ccc(N4CCSCC4)cc3)nc2[nH]1. The second-order valence-electron chi connectivity index (χ2n) is 7.75. The van der Waals surface area contributed by atoms with E-state index in [-0.39, 0.29) is 0 Å². The molecule has 0 bridgehead atoms. The van der Waals surface area contributed by atoms with E-state index < -0.39 is 0 Å². The van der Waals surface area contributed by atoms with Crippen molar-refractivity contribution in [1.29, 1.82) is 0 Å². The van der Waals surface area contributed by atoms with Crippen molar-refractivity contribution in [2.24, 2.45) is 0 Å². The Morgan fingerprint density at radius 2 is 1.79 bits per heavy atom. The summed E-state index contributed by atoms with van der Waals surface area (Å²) in [7, 11) is 0. The van der Waals surface area contributed by atoms with Gasteiger partial charge in [0.25, 0.3) is 0 Å². The van der Waals surface area contributed by atoms with Crippen LogP contribution in [0.15, 0.2) is 30.6 Å². The molecule has 2 fully saturated rings. The van der Waals surface area contributed by atoms with Crippen LogP contribution in [0.1, 0.15) is 32.1 Å². The van der Waals surface area contributed by atoms with E-state index in [9.17, 15) is 0 Å². The van der Waals surface area contributed by atoms with Crippen molar-refractivity contribution >= 4 is 46.1 Å². The second-order valence-corrected chi connectivity index (χ2v) is 8.97. The molecule has 0 amide bonds. The first-order chi connectivity index (χ1) is 14.3. The lowest BCUT2D eigenvalue weighted by Crippen LogP contribution is -2.32. The van der Waals surface area contributed by atoms with E-state index >= 15 is 0 Å². The maximum absolute atomic E-state index is 4.75. The quantitative estimate of drug-likeness (QED) is 0.576. The summed E-state index contributed by atoms with van der Waals surface area (Å²) in [5, 5.41) is 6.97. The highest BCUT2D eigenvalue weighted by Crippen LogP contribution is 2.27. The number of imidazole rings is 1. The highest BCUT2D eigenvalue weighted by Gasteiger charge is 2.17. The Hall–Kier alpha value is -2.48. The Labute approximate surface area is 175 Å². The van der Waals surface area contributed by atoms with Crippen molar-refractivity contribution < 1.29 is 0 Å². The number of nitrogens with zero attached hydrogens (tertiary/aromatic N) is 4. The van der Waals surface area contributed by atoms with Crippen molar-refractivity contribution in [3.63, 3.8) is 0 Å². The molecule has 1 saturated carbocycles. The molecular weight excluding hydrogens is 382 g/mol. The van der Waals surface area contributed by atoms with E-state index in [0.717, 1.165) is 35.8 Å². The van der Waals surface area contributed by atoms with Gasteiger partial charge in [0, 0.05) is 42.0 Å². The van der Waals surface area contributed by atoms with E-state index in [2.05, 4.69) is 54.8 Å². The zero-order chi connectivity index (χ0) is 19.5. The lowest BCUT2D eigenvalue weighted by atomic mass is 9.95. The first-order valence-corrected chi connectivity index (χ1v) is 11.7. The summed E-state index contributed by atoms with van der Waals surface area (Å²) in [4.78, 5) is 19.3. The number of aromatic nitrogens is 4. The lowest BCUT2D eigenvalue weighted by Gasteiger charge is -2.28. The second kappa shape index (κ2) is 8.49. The van der Waals surface area contributed by atoms with Crippen LogP contribution in [0.3, 0.4) is 0 Å². The molecule has 3 N–H and O–H groups in total. The van der Waals surface area contributed by atoms with Gasteiger partial charge in [-0.05, 0) is 37.1 Å². The third-order valence-electron chi connectivity index (χ3n) is 5.72. The zero-order valence-electron chi connectivity index (χ0n) is 16.5. The van der Waals surface area contributed by atoms with Gasteiger partial charge in [-0.15, -0.1) is 0 Å². The number of H-pyrrole nitrogens is 1. The number of fused-ring (bicyclic) bond motifs is 1. The van der Waals surface area contributed by atoms with Crippen LogP contribution in [-0.4, -0.2) is 50.6 Å². The average Bonchev–Trinajstić information content (AvgIpc) is 3.25. The largest absolute Gasteiger partial charge is 0.370 e. The topological polar surface area (TPSA) is 81.8 Å². The van der Waals surface area contributed by atoms with Gasteiger partial charge in [-0.2, -0.15) is 21.7 Å². The summed E-state index contributed by atoms with van der Waals surface area (Å²) < 4.78 is 0. The van der Waals surface area contributed by atoms with Crippen LogP contribution in [0.25, 0.3) is 11.2 Å². The van der Waals surface area contributed by atoms with Crippen molar-refractivity contribution in [3.8, 4) is 0 Å². The molecule has 0 radical (unpaired) electrons. The summed E-state index contributed by atoms with van der Waals surface area (Å²) >= 11 is 2.03. The number of hydrogen-bond acceptors (Lipinski definition) is 7. The average molecular weight is 410 g/mol. The number of aromatic amines is 1. The van der Waals surface area contributed by atoms with E-state index in [1.165, 1.54) is 49.3 Å². The molecule has 29 heavy (non-hydrogen) atoms. The van der Waals surface area contributed by atoms with Gasteiger partial charge in [0.1, 0.15) is 5.52 Å². The zero-order valence-corrected chi connectivity index (χ0v) is 17.3. The molecule has 2 aliphatic rings. The van der Waals surface area contributed by atoms with E-state index in [0.29, 0.717) is 12.0 Å². The number of thioether (sulfide) groups is 1. The summed E-state index contributed by atoms with van der Waals surface area (Å²) in [6.45, 7) is 2.24. The molecule has 152 valence electrons. The molecule has 0 spiro atoms. The molecule has 2 aromatic heterocycles. The van der Waals surface area contributed by atoms with Crippen molar-refractivity contribution in [3.05, 3.63) is 30.6 Å². The smallest absolute Gasteiger partial charge is 0.231 e. The number of anilines is 4. The number of rotatable bonds is 5. The van der Waals surface area contributed by atoms with Gasteiger partial charge >= 0.3 is 0 Å². The molecule has 0 atom stereocenters. The highest BCUT2D eigenvalue weighted by atomic mass is 32.2. The summed E-state index contributed by atoms with van der Waals surface area (Å²) in [5.41, 5.74) is 3.82. The third kappa shape index (κ3) is 4.27. The highest BCUT2D eigenvalue weighted by molar-refractivity contribution is 7.99. The predicted molar refractivity (Wildman–Crippen MR) is 121 cm³/mol. The molecule has 1 saturated heterocycles. The van der Waals surface area contributed by atoms with E-state index in [1.54, 1.807) is 6.33 Å². The number of benzene rings is 1. The first-order valence-electron chi connectivity index (χ1n) is 10.5. The predicted octanol–water partition coefficient (Wildman–Crippen LogP) is 4.39. The van der Waals surface area contributed by atoms with E-state index in [4.69, 9.17) is 4.98 Å². The minimum absolute atomic E-state index is 0.466. The Bertz CT molecular complexity index is 943. The van der Waals surface area contributed by atoms with Crippen molar-refractivity contribution in [2.75, 3.05) is 40.1 Å².